The molecular formula is C25H23N5O3. The van der Waals surface area contributed by atoms with Crippen molar-refractivity contribution in [2.45, 2.75) is 0 Å². The molecule has 3 amide bonds. The summed E-state index contributed by atoms with van der Waals surface area (Å²) < 4.78 is 5.11. The van der Waals surface area contributed by atoms with Crippen LogP contribution in [-0.4, -0.2) is 36.8 Å². The summed E-state index contributed by atoms with van der Waals surface area (Å²) in [6.07, 6.45) is 1.52. The van der Waals surface area contributed by atoms with E-state index in [1.807, 2.05) is 72.8 Å². The largest absolute Gasteiger partial charge is 0.497 e. The van der Waals surface area contributed by atoms with E-state index in [1.54, 1.807) is 19.2 Å². The average molecular weight is 441 g/mol. The standard InChI is InChI=1S/C25H23N5O3/c1-33-21-14-12-18(13-15-21)16-26-28-22(31)17-30-25(32)27-23(19-8-4-2-5-9-19)24(29-30)20-10-6-3-7-11-20/h2-16,29H,17H2,1H3,(H,27,32)(H,28,31). The van der Waals surface area contributed by atoms with Crippen LogP contribution in [-0.2, 0) is 4.79 Å². The SMILES string of the molecule is COc1ccc(C=NNC(=O)CN2NC(c3ccccc3)=C(c3ccccc3)NC2=O)cc1. The van der Waals surface area contributed by atoms with Crippen molar-refractivity contribution in [1.29, 1.82) is 0 Å². The van der Waals surface area contributed by atoms with Gasteiger partial charge in [0.25, 0.3) is 5.91 Å². The van der Waals surface area contributed by atoms with Crippen LogP contribution in [0.4, 0.5) is 4.79 Å². The average Bonchev–Trinajstić information content (AvgIpc) is 2.86. The molecule has 8 heteroatoms. The highest BCUT2D eigenvalue weighted by atomic mass is 16.5. The van der Waals surface area contributed by atoms with Crippen LogP contribution in [0.2, 0.25) is 0 Å². The van der Waals surface area contributed by atoms with E-state index in [0.29, 0.717) is 11.4 Å². The number of methoxy groups -OCH3 is 1. The highest BCUT2D eigenvalue weighted by Gasteiger charge is 2.27. The lowest BCUT2D eigenvalue weighted by molar-refractivity contribution is -0.122. The molecule has 33 heavy (non-hydrogen) atoms. The third kappa shape index (κ3) is 5.37. The number of hydrogen-bond donors (Lipinski definition) is 3. The summed E-state index contributed by atoms with van der Waals surface area (Å²) in [5.74, 6) is 0.286. The number of ether oxygens (including phenoxy) is 1. The molecule has 8 nitrogen and oxygen atoms in total. The Kier molecular flexibility index (Phi) is 6.65. The van der Waals surface area contributed by atoms with Crippen LogP contribution in [0.3, 0.4) is 0 Å². The smallest absolute Gasteiger partial charge is 0.341 e. The van der Waals surface area contributed by atoms with Gasteiger partial charge in [0.05, 0.1) is 24.7 Å². The fourth-order valence-electron chi connectivity index (χ4n) is 3.27. The number of benzene rings is 3. The number of urea groups is 1. The summed E-state index contributed by atoms with van der Waals surface area (Å²) in [7, 11) is 1.59. The van der Waals surface area contributed by atoms with Crippen molar-refractivity contribution in [3.8, 4) is 5.75 Å². The Morgan fingerprint density at radius 2 is 1.55 bits per heavy atom. The van der Waals surface area contributed by atoms with Gasteiger partial charge in [0.2, 0.25) is 0 Å². The lowest BCUT2D eigenvalue weighted by Gasteiger charge is -2.32. The van der Waals surface area contributed by atoms with Crippen molar-refractivity contribution in [2.24, 2.45) is 5.10 Å². The van der Waals surface area contributed by atoms with Crippen LogP contribution in [0.5, 0.6) is 5.75 Å². The summed E-state index contributed by atoms with van der Waals surface area (Å²) in [6.45, 7) is -0.232. The third-order valence-electron chi connectivity index (χ3n) is 4.92. The number of hydrazine groups is 1. The Morgan fingerprint density at radius 1 is 0.939 bits per heavy atom. The number of rotatable bonds is 7. The molecule has 1 heterocycles. The summed E-state index contributed by atoms with van der Waals surface area (Å²) in [5.41, 5.74) is 9.40. The van der Waals surface area contributed by atoms with Gasteiger partial charge in [-0.15, -0.1) is 0 Å². The Balaban J connectivity index is 1.47. The quantitative estimate of drug-likeness (QED) is 0.388. The number of amides is 3. The normalized spacial score (nSPS) is 13.5. The number of nitrogens with one attached hydrogen (secondary N) is 3. The van der Waals surface area contributed by atoms with Gasteiger partial charge < -0.3 is 10.1 Å². The Morgan fingerprint density at radius 3 is 2.15 bits per heavy atom. The van der Waals surface area contributed by atoms with Gasteiger partial charge in [0.15, 0.2) is 0 Å². The number of nitrogens with zero attached hydrogens (tertiary/aromatic N) is 2. The predicted octanol–water partition coefficient (Wildman–Crippen LogP) is 3.20. The van der Waals surface area contributed by atoms with E-state index in [-0.39, 0.29) is 6.54 Å². The van der Waals surface area contributed by atoms with Crippen molar-refractivity contribution in [1.82, 2.24) is 21.2 Å². The summed E-state index contributed by atoms with van der Waals surface area (Å²) in [5, 5.41) is 8.08. The molecule has 3 N–H and O–H groups in total. The fraction of sp³-hybridized carbons (Fsp3) is 0.0800. The molecule has 166 valence electrons. The Labute approximate surface area is 191 Å². The second-order valence-electron chi connectivity index (χ2n) is 7.18. The highest BCUT2D eigenvalue weighted by molar-refractivity contribution is 6.00. The molecule has 0 radical (unpaired) electrons. The van der Waals surface area contributed by atoms with Crippen LogP contribution in [0.15, 0.2) is 90.0 Å². The van der Waals surface area contributed by atoms with E-state index in [2.05, 4.69) is 21.3 Å². The van der Waals surface area contributed by atoms with Crippen molar-refractivity contribution < 1.29 is 14.3 Å². The minimum Gasteiger partial charge on any atom is -0.497 e. The van der Waals surface area contributed by atoms with E-state index in [4.69, 9.17) is 4.74 Å². The maximum Gasteiger partial charge on any atom is 0.341 e. The molecule has 0 unspecified atom stereocenters. The molecule has 0 saturated heterocycles. The highest BCUT2D eigenvalue weighted by Crippen LogP contribution is 2.25. The van der Waals surface area contributed by atoms with Gasteiger partial charge in [-0.3, -0.25) is 10.2 Å². The molecule has 1 aliphatic heterocycles. The molecule has 0 bridgehead atoms. The molecule has 0 fully saturated rings. The zero-order valence-corrected chi connectivity index (χ0v) is 18.0. The maximum atomic E-state index is 12.7. The van der Waals surface area contributed by atoms with E-state index >= 15 is 0 Å². The zero-order valence-electron chi connectivity index (χ0n) is 18.0. The molecule has 4 rings (SSSR count). The molecular weight excluding hydrogens is 418 g/mol. The molecule has 1 aliphatic rings. The maximum absolute atomic E-state index is 12.7. The van der Waals surface area contributed by atoms with E-state index in [0.717, 1.165) is 22.4 Å². The van der Waals surface area contributed by atoms with E-state index < -0.39 is 11.9 Å². The molecule has 3 aromatic carbocycles. The third-order valence-corrected chi connectivity index (χ3v) is 4.92. The fourth-order valence-corrected chi connectivity index (χ4v) is 3.27. The lowest BCUT2D eigenvalue weighted by Crippen LogP contribution is -2.54. The van der Waals surface area contributed by atoms with Crippen LogP contribution >= 0.6 is 0 Å². The second-order valence-corrected chi connectivity index (χ2v) is 7.18. The first-order valence-corrected chi connectivity index (χ1v) is 10.3. The van der Waals surface area contributed by atoms with Crippen LogP contribution in [0.1, 0.15) is 16.7 Å². The number of hydrazone groups is 1. The van der Waals surface area contributed by atoms with Gasteiger partial charge in [-0.1, -0.05) is 60.7 Å². The van der Waals surface area contributed by atoms with E-state index in [1.165, 1.54) is 11.2 Å². The first-order chi connectivity index (χ1) is 16.1. The summed E-state index contributed by atoms with van der Waals surface area (Å²) >= 11 is 0. The van der Waals surface area contributed by atoms with Crippen LogP contribution in [0.25, 0.3) is 11.4 Å². The molecule has 0 aliphatic carbocycles. The van der Waals surface area contributed by atoms with Gasteiger partial charge in [-0.05, 0) is 29.8 Å². The predicted molar refractivity (Wildman–Crippen MR) is 127 cm³/mol. The zero-order chi connectivity index (χ0) is 23.0. The van der Waals surface area contributed by atoms with Gasteiger partial charge in [-0.2, -0.15) is 5.10 Å². The van der Waals surface area contributed by atoms with Crippen molar-refractivity contribution >= 4 is 29.5 Å². The van der Waals surface area contributed by atoms with Crippen LogP contribution in [0, 0.1) is 0 Å². The molecule has 0 atom stereocenters. The number of carbonyl (C=O) groups excluding carboxylic acids is 2. The second kappa shape index (κ2) is 10.1. The van der Waals surface area contributed by atoms with Crippen molar-refractivity contribution in [2.75, 3.05) is 13.7 Å². The van der Waals surface area contributed by atoms with E-state index in [9.17, 15) is 9.59 Å². The van der Waals surface area contributed by atoms with Crippen LogP contribution < -0.4 is 20.9 Å². The van der Waals surface area contributed by atoms with Gasteiger partial charge in [-0.25, -0.2) is 15.2 Å². The summed E-state index contributed by atoms with van der Waals surface area (Å²) in [4.78, 5) is 25.2. The number of carbonyl (C=O) groups is 2. The topological polar surface area (TPSA) is 95.1 Å². The Bertz CT molecular complexity index is 1180. The monoisotopic (exact) mass is 441 g/mol. The lowest BCUT2D eigenvalue weighted by atomic mass is 10.0. The minimum absolute atomic E-state index is 0.232. The van der Waals surface area contributed by atoms with Crippen molar-refractivity contribution in [3.63, 3.8) is 0 Å². The molecule has 3 aromatic rings. The molecule has 0 aromatic heterocycles. The molecule has 0 saturated carbocycles. The number of hydrogen-bond acceptors (Lipinski definition) is 5. The summed E-state index contributed by atoms with van der Waals surface area (Å²) in [6, 6.07) is 25.9. The van der Waals surface area contributed by atoms with Gasteiger partial charge in [0.1, 0.15) is 12.3 Å². The minimum atomic E-state index is -0.446. The Hall–Kier alpha value is -4.59. The van der Waals surface area contributed by atoms with Gasteiger partial charge in [0, 0.05) is 11.1 Å². The van der Waals surface area contributed by atoms with Crippen molar-refractivity contribution in [3.05, 3.63) is 102 Å². The first-order valence-electron chi connectivity index (χ1n) is 10.3. The molecule has 0 spiro atoms. The van der Waals surface area contributed by atoms with Gasteiger partial charge >= 0.3 is 6.03 Å². The first kappa shape index (κ1) is 21.6.